The molecule has 0 spiro atoms. The number of halogens is 6. The molecule has 0 radical (unpaired) electrons. The van der Waals surface area contributed by atoms with Gasteiger partial charge in [0, 0.05) is 0 Å². The number of hydrogen-bond donors (Lipinski definition) is 0. The second-order valence-corrected chi connectivity index (χ2v) is 8.82. The van der Waals surface area contributed by atoms with E-state index in [1.54, 1.807) is 6.07 Å². The Labute approximate surface area is 167 Å². The van der Waals surface area contributed by atoms with Crippen LogP contribution in [0.5, 0.6) is 0 Å². The van der Waals surface area contributed by atoms with Crippen molar-refractivity contribution in [3.05, 3.63) is 59.8 Å². The second kappa shape index (κ2) is 8.02. The monoisotopic (exact) mass is 481 g/mol. The molecule has 15 heteroatoms. The van der Waals surface area contributed by atoms with Gasteiger partial charge in [-0.05, 0) is 31.1 Å². The Hall–Kier alpha value is -2.42. The Morgan fingerprint density at radius 3 is 1.60 bits per heavy atom. The lowest BCUT2D eigenvalue weighted by atomic mass is 10.1. The average molecular weight is 481 g/mol. The summed E-state index contributed by atoms with van der Waals surface area (Å²) < 4.78 is 130. The van der Waals surface area contributed by atoms with Crippen molar-refractivity contribution in [3.63, 3.8) is 0 Å². The summed E-state index contributed by atoms with van der Waals surface area (Å²) in [7, 11) is -12.4. The summed E-state index contributed by atoms with van der Waals surface area (Å²) in [6, 6.07) is 6.20. The summed E-state index contributed by atoms with van der Waals surface area (Å²) in [5.74, 6) is -2.14. The molecular weight excluding hydrogens is 468 g/mol. The summed E-state index contributed by atoms with van der Waals surface area (Å²) in [6.45, 7) is 1.26. The summed E-state index contributed by atoms with van der Waals surface area (Å²) in [4.78, 5) is 0.464. The summed E-state index contributed by atoms with van der Waals surface area (Å²) in [5.41, 5.74) is -11.4. The standard InChI is InChI=1S/C15H13F6NO6S2/c1-10(11-6-3-2-4-7-11)22-12(27-29(23,24)14(16,17)18)8-5-9-13(22)28-30(25,26)15(19,20)21/h2-4,6-10H,5H2,1H3/t10-/m1/s1. The van der Waals surface area contributed by atoms with Crippen LogP contribution in [-0.2, 0) is 28.6 Å². The summed E-state index contributed by atoms with van der Waals surface area (Å²) in [5, 5.41) is 0. The van der Waals surface area contributed by atoms with Crippen molar-refractivity contribution in [1.82, 2.24) is 4.90 Å². The maximum Gasteiger partial charge on any atom is 0.534 e. The molecule has 0 fully saturated rings. The van der Waals surface area contributed by atoms with Crippen molar-refractivity contribution in [3.8, 4) is 0 Å². The molecule has 1 aromatic rings. The van der Waals surface area contributed by atoms with Gasteiger partial charge in [-0.25, -0.2) is 0 Å². The van der Waals surface area contributed by atoms with Crippen molar-refractivity contribution in [2.24, 2.45) is 0 Å². The Bertz CT molecular complexity index is 983. The molecule has 0 saturated carbocycles. The van der Waals surface area contributed by atoms with Gasteiger partial charge in [0.1, 0.15) is 0 Å². The predicted octanol–water partition coefficient (Wildman–Crippen LogP) is 3.87. The third kappa shape index (κ3) is 5.00. The lowest BCUT2D eigenvalue weighted by Gasteiger charge is -2.35. The molecule has 1 aliphatic rings. The summed E-state index contributed by atoms with van der Waals surface area (Å²) >= 11 is 0. The number of nitrogens with zero attached hydrogens (tertiary/aromatic N) is 1. The van der Waals surface area contributed by atoms with E-state index in [4.69, 9.17) is 0 Å². The molecule has 1 aromatic carbocycles. The van der Waals surface area contributed by atoms with Gasteiger partial charge in [0.05, 0.1) is 6.04 Å². The van der Waals surface area contributed by atoms with Crippen LogP contribution in [0.4, 0.5) is 26.3 Å². The first kappa shape index (κ1) is 23.9. The van der Waals surface area contributed by atoms with Crippen LogP contribution >= 0.6 is 0 Å². The quantitative estimate of drug-likeness (QED) is 0.346. The minimum atomic E-state index is -6.21. The van der Waals surface area contributed by atoms with Gasteiger partial charge < -0.3 is 8.37 Å². The molecule has 0 aliphatic carbocycles. The van der Waals surface area contributed by atoms with Gasteiger partial charge >= 0.3 is 31.3 Å². The second-order valence-electron chi connectivity index (χ2n) is 5.74. The molecule has 0 aromatic heterocycles. The zero-order valence-corrected chi connectivity index (χ0v) is 16.4. The Morgan fingerprint density at radius 2 is 1.23 bits per heavy atom. The third-order valence-electron chi connectivity index (χ3n) is 3.69. The van der Waals surface area contributed by atoms with Crippen LogP contribution in [0.15, 0.2) is 54.3 Å². The van der Waals surface area contributed by atoms with Gasteiger partial charge in [0.2, 0.25) is 11.8 Å². The molecule has 7 nitrogen and oxygen atoms in total. The number of benzene rings is 1. The van der Waals surface area contributed by atoms with E-state index >= 15 is 0 Å². The van der Waals surface area contributed by atoms with E-state index in [1.807, 2.05) is 0 Å². The van der Waals surface area contributed by atoms with Crippen molar-refractivity contribution < 1.29 is 51.5 Å². The fourth-order valence-electron chi connectivity index (χ4n) is 2.30. The van der Waals surface area contributed by atoms with Crippen LogP contribution in [0.3, 0.4) is 0 Å². The highest BCUT2D eigenvalue weighted by molar-refractivity contribution is 7.88. The lowest BCUT2D eigenvalue weighted by molar-refractivity contribution is -0.0565. The molecule has 1 heterocycles. The predicted molar refractivity (Wildman–Crippen MR) is 89.6 cm³/mol. The smallest absolute Gasteiger partial charge is 0.357 e. The number of rotatable bonds is 6. The highest BCUT2D eigenvalue weighted by Crippen LogP contribution is 2.38. The Kier molecular flexibility index (Phi) is 6.37. The van der Waals surface area contributed by atoms with Crippen molar-refractivity contribution in [1.29, 1.82) is 0 Å². The van der Waals surface area contributed by atoms with Crippen molar-refractivity contribution in [2.75, 3.05) is 0 Å². The van der Waals surface area contributed by atoms with Gasteiger partial charge in [-0.1, -0.05) is 30.3 Å². The zero-order chi connectivity index (χ0) is 23.0. The Balaban J connectivity index is 2.51. The van der Waals surface area contributed by atoms with E-state index in [9.17, 15) is 43.2 Å². The highest BCUT2D eigenvalue weighted by Gasteiger charge is 2.52. The van der Waals surface area contributed by atoms with Crippen LogP contribution in [0.1, 0.15) is 24.9 Å². The van der Waals surface area contributed by atoms with E-state index in [2.05, 4.69) is 8.37 Å². The SMILES string of the molecule is C[C@H](c1ccccc1)N1C(OS(=O)(=O)C(F)(F)F)=CCC=C1OS(=O)(=O)C(F)(F)F. The van der Waals surface area contributed by atoms with Gasteiger partial charge in [0.15, 0.2) is 0 Å². The molecular formula is C15H13F6NO6S2. The first-order valence-electron chi connectivity index (χ1n) is 7.83. The fourth-order valence-corrected chi connectivity index (χ4v) is 3.23. The number of alkyl halides is 6. The normalized spacial score (nSPS) is 17.1. The largest absolute Gasteiger partial charge is 0.534 e. The van der Waals surface area contributed by atoms with E-state index in [0.29, 0.717) is 4.90 Å². The van der Waals surface area contributed by atoms with Crippen LogP contribution in [-0.4, -0.2) is 32.8 Å². The van der Waals surface area contributed by atoms with Gasteiger partial charge in [0.25, 0.3) is 0 Å². The maximum absolute atomic E-state index is 12.7. The van der Waals surface area contributed by atoms with Crippen LogP contribution in [0, 0.1) is 0 Å². The summed E-state index contributed by atoms with van der Waals surface area (Å²) in [6.07, 6.45) is 1.16. The van der Waals surface area contributed by atoms with E-state index < -0.39 is 55.5 Å². The molecule has 0 bridgehead atoms. The average Bonchev–Trinajstić information content (AvgIpc) is 2.59. The molecule has 1 aliphatic heterocycles. The highest BCUT2D eigenvalue weighted by atomic mass is 32.2. The van der Waals surface area contributed by atoms with Crippen molar-refractivity contribution >= 4 is 20.2 Å². The van der Waals surface area contributed by atoms with Crippen LogP contribution < -0.4 is 0 Å². The fraction of sp³-hybridized carbons (Fsp3) is 0.333. The van der Waals surface area contributed by atoms with E-state index in [0.717, 1.165) is 12.2 Å². The Morgan fingerprint density at radius 1 is 0.833 bits per heavy atom. The van der Waals surface area contributed by atoms with Gasteiger partial charge in [-0.15, -0.1) is 0 Å². The van der Waals surface area contributed by atoms with Gasteiger partial charge in [-0.3, -0.25) is 4.90 Å². The first-order valence-corrected chi connectivity index (χ1v) is 10.6. The van der Waals surface area contributed by atoms with Crippen molar-refractivity contribution in [2.45, 2.75) is 30.4 Å². The minimum absolute atomic E-state index is 0.275. The molecule has 30 heavy (non-hydrogen) atoms. The molecule has 0 amide bonds. The third-order valence-corrected chi connectivity index (χ3v) is 5.60. The molecule has 2 rings (SSSR count). The molecule has 0 saturated heterocycles. The topological polar surface area (TPSA) is 90.0 Å². The van der Waals surface area contributed by atoms with E-state index in [-0.39, 0.29) is 5.56 Å². The van der Waals surface area contributed by atoms with Crippen LogP contribution in [0.2, 0.25) is 0 Å². The molecule has 0 N–H and O–H groups in total. The minimum Gasteiger partial charge on any atom is -0.357 e. The zero-order valence-electron chi connectivity index (χ0n) is 14.8. The lowest BCUT2D eigenvalue weighted by Crippen LogP contribution is -2.36. The van der Waals surface area contributed by atoms with E-state index in [1.165, 1.54) is 31.2 Å². The number of allylic oxidation sites excluding steroid dienone is 2. The number of hydrogen-bond acceptors (Lipinski definition) is 7. The maximum atomic E-state index is 12.7. The molecule has 0 unspecified atom stereocenters. The van der Waals surface area contributed by atoms with Gasteiger partial charge in [-0.2, -0.15) is 43.2 Å². The molecule has 168 valence electrons. The first-order chi connectivity index (χ1) is 13.6. The van der Waals surface area contributed by atoms with Crippen LogP contribution in [0.25, 0.3) is 0 Å². The molecule has 1 atom stereocenters.